The number of ether oxygens (including phenoxy) is 4. The lowest BCUT2D eigenvalue weighted by atomic mass is 10.2. The molecule has 1 aliphatic rings. The third kappa shape index (κ3) is 5.49. The van der Waals surface area contributed by atoms with Crippen molar-refractivity contribution in [2.45, 2.75) is 19.4 Å². The summed E-state index contributed by atoms with van der Waals surface area (Å²) in [5.41, 5.74) is 1.57. The average molecular weight is 457 g/mol. The number of amides is 1. The minimum atomic E-state index is -0.853. The first-order valence-corrected chi connectivity index (χ1v) is 11.1. The van der Waals surface area contributed by atoms with Crippen LogP contribution in [0.1, 0.15) is 12.6 Å². The summed E-state index contributed by atoms with van der Waals surface area (Å²) < 4.78 is 21.8. The smallest absolute Gasteiger partial charge is 0.231 e. The summed E-state index contributed by atoms with van der Waals surface area (Å²) in [7, 11) is 0. The van der Waals surface area contributed by atoms with E-state index in [2.05, 4.69) is 10.3 Å². The average Bonchev–Trinajstić information content (AvgIpc) is 3.46. The largest absolute Gasteiger partial charge is 0.493 e. The summed E-state index contributed by atoms with van der Waals surface area (Å²) in [6.45, 7) is 2.80. The number of benzene rings is 2. The molecule has 0 radical (unpaired) electrons. The van der Waals surface area contributed by atoms with Crippen molar-refractivity contribution in [1.82, 2.24) is 10.3 Å². The maximum atomic E-state index is 12.3. The zero-order valence-corrected chi connectivity index (χ0v) is 18.4. The molecule has 0 fully saturated rings. The normalized spacial score (nSPS) is 12.9. The van der Waals surface area contributed by atoms with Gasteiger partial charge in [0.2, 0.25) is 12.7 Å². The molecule has 1 aliphatic heterocycles. The highest BCUT2D eigenvalue weighted by Crippen LogP contribution is 2.35. The number of hydrogen-bond acceptors (Lipinski definition) is 8. The summed E-state index contributed by atoms with van der Waals surface area (Å²) in [5.74, 6) is 2.38. The van der Waals surface area contributed by atoms with Gasteiger partial charge in [-0.2, -0.15) is 0 Å². The molecule has 4 rings (SSSR count). The number of nitrogens with zero attached hydrogens (tertiary/aromatic N) is 1. The minimum Gasteiger partial charge on any atom is -0.493 e. The molecule has 168 valence electrons. The van der Waals surface area contributed by atoms with Crippen LogP contribution in [-0.4, -0.2) is 48.7 Å². The number of fused-ring (bicyclic) bond motifs is 1. The quantitative estimate of drug-likeness (QED) is 0.484. The summed E-state index contributed by atoms with van der Waals surface area (Å²) in [6.07, 6.45) is -0.725. The lowest BCUT2D eigenvalue weighted by Gasteiger charge is -2.13. The Labute approximate surface area is 189 Å². The molecule has 2 heterocycles. The van der Waals surface area contributed by atoms with E-state index in [1.54, 1.807) is 18.2 Å². The predicted octanol–water partition coefficient (Wildman–Crippen LogP) is 3.04. The highest BCUT2D eigenvalue weighted by atomic mass is 32.1. The number of aromatic nitrogens is 1. The van der Waals surface area contributed by atoms with Crippen LogP contribution in [0.5, 0.6) is 23.0 Å². The third-order valence-corrected chi connectivity index (χ3v) is 5.56. The summed E-state index contributed by atoms with van der Waals surface area (Å²) >= 11 is 1.46. The van der Waals surface area contributed by atoms with Crippen LogP contribution in [0.15, 0.2) is 47.8 Å². The highest BCUT2D eigenvalue weighted by molar-refractivity contribution is 7.13. The van der Waals surface area contributed by atoms with Crippen molar-refractivity contribution in [3.05, 3.63) is 53.5 Å². The molecule has 3 aromatic rings. The van der Waals surface area contributed by atoms with E-state index in [9.17, 15) is 9.90 Å². The number of rotatable bonds is 10. The first kappa shape index (κ1) is 21.9. The van der Waals surface area contributed by atoms with Crippen LogP contribution < -0.4 is 24.3 Å². The molecule has 0 aliphatic carbocycles. The topological polar surface area (TPSA) is 99.1 Å². The van der Waals surface area contributed by atoms with Crippen LogP contribution in [0, 0.1) is 0 Å². The number of para-hydroxylation sites is 1. The number of hydrogen-bond donors (Lipinski definition) is 2. The number of thiazole rings is 1. The second kappa shape index (κ2) is 10.3. The molecule has 1 unspecified atom stereocenters. The van der Waals surface area contributed by atoms with Gasteiger partial charge < -0.3 is 29.4 Å². The van der Waals surface area contributed by atoms with Crippen molar-refractivity contribution in [3.8, 4) is 33.6 Å². The zero-order chi connectivity index (χ0) is 22.3. The number of carbonyl (C=O) groups excluding carboxylic acids is 1. The van der Waals surface area contributed by atoms with Crippen LogP contribution in [0.25, 0.3) is 10.6 Å². The van der Waals surface area contributed by atoms with Gasteiger partial charge in [0.15, 0.2) is 11.5 Å². The van der Waals surface area contributed by atoms with E-state index >= 15 is 0 Å². The van der Waals surface area contributed by atoms with E-state index in [1.165, 1.54) is 11.3 Å². The van der Waals surface area contributed by atoms with Gasteiger partial charge in [-0.1, -0.05) is 12.1 Å². The van der Waals surface area contributed by atoms with Gasteiger partial charge in [0.1, 0.15) is 29.2 Å². The molecule has 0 saturated heterocycles. The Morgan fingerprint density at radius 1 is 1.22 bits per heavy atom. The molecule has 1 atom stereocenters. The molecule has 8 nitrogen and oxygen atoms in total. The van der Waals surface area contributed by atoms with Crippen molar-refractivity contribution in [1.29, 1.82) is 0 Å². The maximum Gasteiger partial charge on any atom is 0.231 e. The Hall–Kier alpha value is -3.30. The predicted molar refractivity (Wildman–Crippen MR) is 119 cm³/mol. The Morgan fingerprint density at radius 3 is 2.94 bits per heavy atom. The fraction of sp³-hybridized carbons (Fsp3) is 0.304. The summed E-state index contributed by atoms with van der Waals surface area (Å²) in [5, 5.41) is 15.5. The Balaban J connectivity index is 1.24. The van der Waals surface area contributed by atoms with Crippen LogP contribution >= 0.6 is 11.3 Å². The van der Waals surface area contributed by atoms with Crippen LogP contribution in [0.4, 0.5) is 0 Å². The minimum absolute atomic E-state index is 0.0367. The lowest BCUT2D eigenvalue weighted by molar-refractivity contribution is -0.121. The molecular weight excluding hydrogens is 432 g/mol. The fourth-order valence-electron chi connectivity index (χ4n) is 3.11. The Morgan fingerprint density at radius 2 is 2.06 bits per heavy atom. The number of nitrogens with one attached hydrogen (secondary N) is 1. The SMILES string of the molecule is CCOc1ccccc1-c1nc(CC(=O)NCC(O)COc2ccc3c(c2)OCO3)cs1. The Kier molecular flexibility index (Phi) is 7.08. The maximum absolute atomic E-state index is 12.3. The first-order valence-electron chi connectivity index (χ1n) is 10.3. The van der Waals surface area contributed by atoms with Crippen LogP contribution in [0.2, 0.25) is 0 Å². The molecule has 0 bridgehead atoms. The van der Waals surface area contributed by atoms with Gasteiger partial charge in [-0.05, 0) is 31.2 Å². The standard InChI is InChI=1S/C23H24N2O6S/c1-2-28-19-6-4-3-5-18(19)23-25-15(13-32-23)9-22(27)24-11-16(26)12-29-17-7-8-20-21(10-17)31-14-30-20/h3-8,10,13,16,26H,2,9,11-12,14H2,1H3,(H,24,27). The second-order valence-electron chi connectivity index (χ2n) is 7.03. The molecular formula is C23H24N2O6S. The number of carbonyl (C=O) groups is 1. The van der Waals surface area contributed by atoms with Crippen LogP contribution in [-0.2, 0) is 11.2 Å². The third-order valence-electron chi connectivity index (χ3n) is 4.63. The van der Waals surface area contributed by atoms with E-state index in [4.69, 9.17) is 18.9 Å². The van der Waals surface area contributed by atoms with Gasteiger partial charge in [-0.25, -0.2) is 4.98 Å². The zero-order valence-electron chi connectivity index (χ0n) is 17.6. The summed E-state index contributed by atoms with van der Waals surface area (Å²) in [4.78, 5) is 16.8. The van der Waals surface area contributed by atoms with Gasteiger partial charge in [0.25, 0.3) is 0 Å². The molecule has 9 heteroatoms. The van der Waals surface area contributed by atoms with Gasteiger partial charge in [0.05, 0.1) is 24.3 Å². The van der Waals surface area contributed by atoms with Gasteiger partial charge in [-0.15, -0.1) is 11.3 Å². The highest BCUT2D eigenvalue weighted by Gasteiger charge is 2.16. The van der Waals surface area contributed by atoms with Gasteiger partial charge in [-0.3, -0.25) is 4.79 Å². The van der Waals surface area contributed by atoms with E-state index in [-0.39, 0.29) is 32.3 Å². The molecule has 0 spiro atoms. The van der Waals surface area contributed by atoms with Crippen molar-refractivity contribution < 1.29 is 28.8 Å². The van der Waals surface area contributed by atoms with E-state index in [0.717, 1.165) is 16.3 Å². The molecule has 1 amide bonds. The van der Waals surface area contributed by atoms with Crippen molar-refractivity contribution >= 4 is 17.2 Å². The fourth-order valence-corrected chi connectivity index (χ4v) is 3.96. The molecule has 32 heavy (non-hydrogen) atoms. The van der Waals surface area contributed by atoms with Crippen molar-refractivity contribution in [3.63, 3.8) is 0 Å². The lowest BCUT2D eigenvalue weighted by Crippen LogP contribution is -2.36. The molecule has 0 saturated carbocycles. The molecule has 1 aromatic heterocycles. The van der Waals surface area contributed by atoms with Crippen molar-refractivity contribution in [2.75, 3.05) is 26.6 Å². The number of aliphatic hydroxyl groups is 1. The van der Waals surface area contributed by atoms with Crippen LogP contribution in [0.3, 0.4) is 0 Å². The van der Waals surface area contributed by atoms with Gasteiger partial charge >= 0.3 is 0 Å². The van der Waals surface area contributed by atoms with E-state index < -0.39 is 6.10 Å². The number of aliphatic hydroxyl groups excluding tert-OH is 1. The molecule has 2 N–H and O–H groups in total. The van der Waals surface area contributed by atoms with Gasteiger partial charge in [0, 0.05) is 18.0 Å². The Bertz CT molecular complexity index is 1070. The van der Waals surface area contributed by atoms with E-state index in [1.807, 2.05) is 36.6 Å². The van der Waals surface area contributed by atoms with E-state index in [0.29, 0.717) is 29.5 Å². The summed E-state index contributed by atoms with van der Waals surface area (Å²) in [6, 6.07) is 12.9. The second-order valence-corrected chi connectivity index (χ2v) is 7.89. The molecule has 2 aromatic carbocycles. The first-order chi connectivity index (χ1) is 15.6. The monoisotopic (exact) mass is 456 g/mol. The van der Waals surface area contributed by atoms with Crippen molar-refractivity contribution in [2.24, 2.45) is 0 Å².